The highest BCUT2D eigenvalue weighted by Crippen LogP contribution is 2.27. The Morgan fingerprint density at radius 1 is 1.56 bits per heavy atom. The van der Waals surface area contributed by atoms with Crippen molar-refractivity contribution in [3.05, 3.63) is 23.4 Å². The Bertz CT molecular complexity index is 361. The van der Waals surface area contributed by atoms with E-state index >= 15 is 0 Å². The van der Waals surface area contributed by atoms with Crippen LogP contribution in [-0.4, -0.2) is 34.0 Å². The van der Waals surface area contributed by atoms with Gasteiger partial charge < -0.3 is 10.4 Å². The van der Waals surface area contributed by atoms with Crippen LogP contribution in [-0.2, 0) is 0 Å². The average molecular weight is 289 g/mol. The molecule has 5 heteroatoms. The van der Waals surface area contributed by atoms with E-state index in [1.807, 2.05) is 26.0 Å². The smallest absolute Gasteiger partial charge is 0.0963 e. The number of hydrogen-bond donors (Lipinski definition) is 2. The summed E-state index contributed by atoms with van der Waals surface area (Å²) in [7, 11) is 0. The van der Waals surface area contributed by atoms with Crippen LogP contribution in [0.4, 0.5) is 0 Å². The molecule has 2 unspecified atom stereocenters. The van der Waals surface area contributed by atoms with E-state index in [1.165, 1.54) is 0 Å². The largest absolute Gasteiger partial charge is 0.394 e. The molecule has 3 nitrogen and oxygen atoms in total. The zero-order valence-electron chi connectivity index (χ0n) is 11.1. The first-order chi connectivity index (χ1) is 8.49. The summed E-state index contributed by atoms with van der Waals surface area (Å²) in [6, 6.07) is 3.77. The molecule has 0 amide bonds. The third-order valence-electron chi connectivity index (χ3n) is 2.71. The summed E-state index contributed by atoms with van der Waals surface area (Å²) in [5, 5.41) is 14.8. The van der Waals surface area contributed by atoms with E-state index in [9.17, 15) is 5.11 Å². The van der Waals surface area contributed by atoms with Gasteiger partial charge in [-0.1, -0.05) is 25.4 Å². The Hall–Kier alpha value is -0.290. The number of pyridine rings is 1. The van der Waals surface area contributed by atoms with Crippen molar-refractivity contribution in [3.8, 4) is 0 Å². The number of nitrogens with one attached hydrogen (secondary N) is 1. The van der Waals surface area contributed by atoms with Crippen molar-refractivity contribution >= 4 is 23.4 Å². The average Bonchev–Trinajstić information content (AvgIpc) is 2.32. The molecule has 0 aliphatic rings. The maximum atomic E-state index is 9.46. The van der Waals surface area contributed by atoms with Gasteiger partial charge in [-0.25, -0.2) is 4.98 Å². The van der Waals surface area contributed by atoms with Crippen LogP contribution < -0.4 is 5.32 Å². The van der Waals surface area contributed by atoms with Crippen molar-refractivity contribution in [2.45, 2.75) is 43.0 Å². The van der Waals surface area contributed by atoms with Crippen molar-refractivity contribution in [2.24, 2.45) is 0 Å². The monoisotopic (exact) mass is 288 g/mol. The summed E-state index contributed by atoms with van der Waals surface area (Å²) in [6.45, 7) is 7.23. The summed E-state index contributed by atoms with van der Waals surface area (Å²) >= 11 is 7.50. The maximum absolute atomic E-state index is 9.46. The highest BCUT2D eigenvalue weighted by molar-refractivity contribution is 7.99. The third kappa shape index (κ3) is 5.14. The molecule has 0 aliphatic carbocycles. The summed E-state index contributed by atoms with van der Waals surface area (Å²) < 4.78 is 0. The minimum Gasteiger partial charge on any atom is -0.394 e. The first-order valence-corrected chi connectivity index (χ1v) is 7.39. The van der Waals surface area contributed by atoms with E-state index in [0.29, 0.717) is 10.3 Å². The van der Waals surface area contributed by atoms with Crippen molar-refractivity contribution < 1.29 is 5.11 Å². The quantitative estimate of drug-likeness (QED) is 0.757. The van der Waals surface area contributed by atoms with E-state index in [-0.39, 0.29) is 12.1 Å². The predicted molar refractivity (Wildman–Crippen MR) is 78.4 cm³/mol. The number of hydrogen-bond acceptors (Lipinski definition) is 4. The molecule has 18 heavy (non-hydrogen) atoms. The van der Waals surface area contributed by atoms with Crippen molar-refractivity contribution in [2.75, 3.05) is 13.2 Å². The van der Waals surface area contributed by atoms with Crippen LogP contribution in [0.2, 0.25) is 5.02 Å². The van der Waals surface area contributed by atoms with Gasteiger partial charge in [0.25, 0.3) is 0 Å². The minimum absolute atomic E-state index is 0.139. The molecule has 1 aromatic heterocycles. The Balaban J connectivity index is 2.54. The number of aliphatic hydroxyl groups is 1. The van der Waals surface area contributed by atoms with Crippen LogP contribution in [0.25, 0.3) is 0 Å². The molecule has 0 saturated carbocycles. The highest BCUT2D eigenvalue weighted by atomic mass is 35.5. The van der Waals surface area contributed by atoms with E-state index in [0.717, 1.165) is 18.0 Å². The summed E-state index contributed by atoms with van der Waals surface area (Å²) in [5.74, 6) is 0. The van der Waals surface area contributed by atoms with Crippen LogP contribution in [0, 0.1) is 0 Å². The van der Waals surface area contributed by atoms with Gasteiger partial charge in [-0.3, -0.25) is 0 Å². The topological polar surface area (TPSA) is 45.1 Å². The minimum atomic E-state index is -0.229. The lowest BCUT2D eigenvalue weighted by molar-refractivity contribution is 0.168. The zero-order chi connectivity index (χ0) is 13.6. The fourth-order valence-corrected chi connectivity index (χ4v) is 3.17. The molecule has 0 fully saturated rings. The van der Waals surface area contributed by atoms with Crippen LogP contribution in [0.1, 0.15) is 27.2 Å². The van der Waals surface area contributed by atoms with Gasteiger partial charge in [-0.2, -0.15) is 0 Å². The maximum Gasteiger partial charge on any atom is 0.0963 e. The second-order valence-electron chi connectivity index (χ2n) is 4.70. The standard InChI is InChI=1S/C13H21ClN2OS/c1-4-16-13(3,9-17)7-10(2)18-12-6-5-11(14)8-15-12/h5-6,8,10,16-17H,4,7,9H2,1-3H3. The van der Waals surface area contributed by atoms with Gasteiger partial charge in [0.15, 0.2) is 0 Å². The number of rotatable bonds is 7. The Morgan fingerprint density at radius 2 is 2.28 bits per heavy atom. The molecular weight excluding hydrogens is 268 g/mol. The van der Waals surface area contributed by atoms with Crippen LogP contribution in [0.5, 0.6) is 0 Å². The van der Waals surface area contributed by atoms with Gasteiger partial charge in [0, 0.05) is 17.0 Å². The molecular formula is C13H21ClN2OS. The Labute approximate surface area is 118 Å². The fraction of sp³-hybridized carbons (Fsp3) is 0.615. The molecule has 2 N–H and O–H groups in total. The summed E-state index contributed by atoms with van der Waals surface area (Å²) in [6.07, 6.45) is 2.54. The molecule has 2 atom stereocenters. The SMILES string of the molecule is CCNC(C)(CO)CC(C)Sc1ccc(Cl)cn1. The van der Waals surface area contributed by atoms with E-state index in [1.54, 1.807) is 18.0 Å². The van der Waals surface area contributed by atoms with E-state index in [2.05, 4.69) is 17.2 Å². The molecule has 1 rings (SSSR count). The fourth-order valence-electron chi connectivity index (χ4n) is 1.93. The number of thioether (sulfide) groups is 1. The van der Waals surface area contributed by atoms with Gasteiger partial charge in [0.1, 0.15) is 0 Å². The van der Waals surface area contributed by atoms with Crippen LogP contribution in [0.3, 0.4) is 0 Å². The van der Waals surface area contributed by atoms with Gasteiger partial charge in [0.05, 0.1) is 16.7 Å². The molecule has 102 valence electrons. The number of aliphatic hydroxyl groups excluding tert-OH is 1. The number of nitrogens with zero attached hydrogens (tertiary/aromatic N) is 1. The Morgan fingerprint density at radius 3 is 2.78 bits per heavy atom. The molecule has 0 spiro atoms. The van der Waals surface area contributed by atoms with Crippen molar-refractivity contribution in [3.63, 3.8) is 0 Å². The Kier molecular flexibility index (Phi) is 6.43. The van der Waals surface area contributed by atoms with Gasteiger partial charge in [-0.15, -0.1) is 11.8 Å². The zero-order valence-corrected chi connectivity index (χ0v) is 12.7. The highest BCUT2D eigenvalue weighted by Gasteiger charge is 2.25. The van der Waals surface area contributed by atoms with Gasteiger partial charge >= 0.3 is 0 Å². The first kappa shape index (κ1) is 15.8. The van der Waals surface area contributed by atoms with Gasteiger partial charge in [-0.05, 0) is 32.0 Å². The van der Waals surface area contributed by atoms with Crippen molar-refractivity contribution in [1.82, 2.24) is 10.3 Å². The second-order valence-corrected chi connectivity index (χ2v) is 6.59. The number of likely N-dealkylation sites (N-methyl/N-ethyl adjacent to an activating group) is 1. The first-order valence-electron chi connectivity index (χ1n) is 6.13. The lowest BCUT2D eigenvalue weighted by Crippen LogP contribution is -2.47. The van der Waals surface area contributed by atoms with Crippen LogP contribution >= 0.6 is 23.4 Å². The molecule has 0 saturated heterocycles. The molecule has 1 heterocycles. The lowest BCUT2D eigenvalue weighted by Gasteiger charge is -2.30. The predicted octanol–water partition coefficient (Wildman–Crippen LogP) is 2.97. The number of halogens is 1. The third-order valence-corrected chi connectivity index (χ3v) is 3.99. The lowest BCUT2D eigenvalue weighted by atomic mass is 9.97. The molecule has 0 aliphatic heterocycles. The molecule has 0 bridgehead atoms. The molecule has 0 aromatic carbocycles. The van der Waals surface area contributed by atoms with E-state index < -0.39 is 0 Å². The van der Waals surface area contributed by atoms with Gasteiger partial charge in [0.2, 0.25) is 0 Å². The molecule has 0 radical (unpaired) electrons. The summed E-state index contributed by atoms with van der Waals surface area (Å²) in [5.41, 5.74) is -0.229. The number of aromatic nitrogens is 1. The molecule has 1 aromatic rings. The van der Waals surface area contributed by atoms with Crippen molar-refractivity contribution in [1.29, 1.82) is 0 Å². The summed E-state index contributed by atoms with van der Waals surface area (Å²) in [4.78, 5) is 4.27. The van der Waals surface area contributed by atoms with E-state index in [4.69, 9.17) is 11.6 Å². The van der Waals surface area contributed by atoms with Crippen LogP contribution in [0.15, 0.2) is 23.4 Å². The second kappa shape index (κ2) is 7.34. The normalized spacial score (nSPS) is 16.3.